The van der Waals surface area contributed by atoms with E-state index < -0.39 is 0 Å². The molecule has 2 atom stereocenters. The maximum atomic E-state index is 3.60. The summed E-state index contributed by atoms with van der Waals surface area (Å²) in [6.45, 7) is 10.6. The molecule has 1 saturated heterocycles. The van der Waals surface area contributed by atoms with E-state index in [1.54, 1.807) is 0 Å². The Kier molecular flexibility index (Phi) is 3.16. The van der Waals surface area contributed by atoms with Crippen molar-refractivity contribution in [2.75, 3.05) is 6.54 Å². The molecule has 0 saturated carbocycles. The van der Waals surface area contributed by atoms with Crippen LogP contribution in [-0.2, 0) is 0 Å². The van der Waals surface area contributed by atoms with Crippen molar-refractivity contribution in [3.8, 4) is 0 Å². The zero-order chi connectivity index (χ0) is 9.19. The standard InChI is InChI=1S/C11H23N/c1-5-10-11(4,6-7-12-10)8-9(2)3/h9-10,12H,5-8H2,1-4H3. The predicted molar refractivity (Wildman–Crippen MR) is 54.3 cm³/mol. The van der Waals surface area contributed by atoms with Gasteiger partial charge < -0.3 is 5.32 Å². The lowest BCUT2D eigenvalue weighted by molar-refractivity contribution is 0.219. The lowest BCUT2D eigenvalue weighted by atomic mass is 9.75. The van der Waals surface area contributed by atoms with Crippen molar-refractivity contribution >= 4 is 0 Å². The van der Waals surface area contributed by atoms with Crippen LogP contribution in [-0.4, -0.2) is 12.6 Å². The van der Waals surface area contributed by atoms with Crippen LogP contribution >= 0.6 is 0 Å². The summed E-state index contributed by atoms with van der Waals surface area (Å²) in [7, 11) is 0. The van der Waals surface area contributed by atoms with E-state index in [-0.39, 0.29) is 0 Å². The van der Waals surface area contributed by atoms with Gasteiger partial charge in [0.25, 0.3) is 0 Å². The molecule has 1 fully saturated rings. The third kappa shape index (κ3) is 2.01. The first kappa shape index (κ1) is 10.0. The van der Waals surface area contributed by atoms with Gasteiger partial charge in [0.15, 0.2) is 0 Å². The van der Waals surface area contributed by atoms with Crippen molar-refractivity contribution in [1.29, 1.82) is 0 Å². The van der Waals surface area contributed by atoms with Crippen LogP contribution in [0.15, 0.2) is 0 Å². The molecular weight excluding hydrogens is 146 g/mol. The number of hydrogen-bond acceptors (Lipinski definition) is 1. The molecule has 0 bridgehead atoms. The van der Waals surface area contributed by atoms with Crippen LogP contribution in [0.4, 0.5) is 0 Å². The molecule has 1 heteroatoms. The molecule has 12 heavy (non-hydrogen) atoms. The molecule has 72 valence electrons. The number of hydrogen-bond donors (Lipinski definition) is 1. The van der Waals surface area contributed by atoms with Gasteiger partial charge in [0, 0.05) is 6.04 Å². The fourth-order valence-electron chi connectivity index (χ4n) is 2.77. The second-order valence-corrected chi connectivity index (χ2v) is 4.92. The monoisotopic (exact) mass is 169 g/mol. The van der Waals surface area contributed by atoms with E-state index in [0.29, 0.717) is 5.41 Å². The van der Waals surface area contributed by atoms with Crippen molar-refractivity contribution in [3.63, 3.8) is 0 Å². The molecular formula is C11H23N. The predicted octanol–water partition coefficient (Wildman–Crippen LogP) is 2.81. The first-order valence-electron chi connectivity index (χ1n) is 5.32. The van der Waals surface area contributed by atoms with Gasteiger partial charge in [-0.25, -0.2) is 0 Å². The summed E-state index contributed by atoms with van der Waals surface area (Å²) in [5.74, 6) is 0.837. The Morgan fingerprint density at radius 3 is 2.67 bits per heavy atom. The molecule has 0 aromatic heterocycles. The summed E-state index contributed by atoms with van der Waals surface area (Å²) in [5, 5.41) is 3.60. The smallest absolute Gasteiger partial charge is 0.0119 e. The molecule has 0 spiro atoms. The molecule has 1 N–H and O–H groups in total. The molecule has 2 unspecified atom stereocenters. The largest absolute Gasteiger partial charge is 0.313 e. The summed E-state index contributed by atoms with van der Waals surface area (Å²) in [6.07, 6.45) is 4.02. The van der Waals surface area contributed by atoms with Gasteiger partial charge in [0.05, 0.1) is 0 Å². The molecule has 0 aromatic carbocycles. The number of rotatable bonds is 3. The minimum atomic E-state index is 0.572. The Morgan fingerprint density at radius 2 is 2.17 bits per heavy atom. The van der Waals surface area contributed by atoms with Gasteiger partial charge in [-0.1, -0.05) is 27.7 Å². The van der Waals surface area contributed by atoms with Crippen LogP contribution in [0.25, 0.3) is 0 Å². The lowest BCUT2D eigenvalue weighted by Crippen LogP contribution is -2.34. The summed E-state index contributed by atoms with van der Waals surface area (Å²) < 4.78 is 0. The van der Waals surface area contributed by atoms with Gasteiger partial charge in [-0.3, -0.25) is 0 Å². The fourth-order valence-corrected chi connectivity index (χ4v) is 2.77. The zero-order valence-electron chi connectivity index (χ0n) is 8.98. The van der Waals surface area contributed by atoms with Crippen LogP contribution < -0.4 is 5.32 Å². The van der Waals surface area contributed by atoms with E-state index in [9.17, 15) is 0 Å². The van der Waals surface area contributed by atoms with Crippen molar-refractivity contribution in [3.05, 3.63) is 0 Å². The third-order valence-electron chi connectivity index (χ3n) is 3.21. The first-order chi connectivity index (χ1) is 5.58. The van der Waals surface area contributed by atoms with Crippen molar-refractivity contribution < 1.29 is 0 Å². The van der Waals surface area contributed by atoms with Gasteiger partial charge in [-0.15, -0.1) is 0 Å². The topological polar surface area (TPSA) is 12.0 Å². The SMILES string of the molecule is CCC1NCCC1(C)CC(C)C. The van der Waals surface area contributed by atoms with Gasteiger partial charge in [0.2, 0.25) is 0 Å². The highest BCUT2D eigenvalue weighted by atomic mass is 15.0. The van der Waals surface area contributed by atoms with Gasteiger partial charge in [-0.2, -0.15) is 0 Å². The average Bonchev–Trinajstić information content (AvgIpc) is 2.28. The van der Waals surface area contributed by atoms with Crippen LogP contribution in [0, 0.1) is 11.3 Å². The first-order valence-corrected chi connectivity index (χ1v) is 5.32. The summed E-state index contributed by atoms with van der Waals surface area (Å²) in [6, 6.07) is 0.764. The Morgan fingerprint density at radius 1 is 1.50 bits per heavy atom. The van der Waals surface area contributed by atoms with E-state index in [0.717, 1.165) is 12.0 Å². The Labute approximate surface area is 76.9 Å². The summed E-state index contributed by atoms with van der Waals surface area (Å²) in [4.78, 5) is 0. The fraction of sp³-hybridized carbons (Fsp3) is 1.00. The van der Waals surface area contributed by atoms with E-state index in [4.69, 9.17) is 0 Å². The van der Waals surface area contributed by atoms with Gasteiger partial charge >= 0.3 is 0 Å². The van der Waals surface area contributed by atoms with Crippen molar-refractivity contribution in [2.45, 2.75) is 53.0 Å². The number of nitrogens with one attached hydrogen (secondary N) is 1. The Balaban J connectivity index is 2.55. The van der Waals surface area contributed by atoms with E-state index >= 15 is 0 Å². The molecule has 1 nitrogen and oxygen atoms in total. The molecule has 0 aliphatic carbocycles. The van der Waals surface area contributed by atoms with Crippen molar-refractivity contribution in [1.82, 2.24) is 5.32 Å². The third-order valence-corrected chi connectivity index (χ3v) is 3.21. The van der Waals surface area contributed by atoms with Crippen LogP contribution in [0.2, 0.25) is 0 Å². The normalized spacial score (nSPS) is 36.2. The highest BCUT2D eigenvalue weighted by Gasteiger charge is 2.37. The van der Waals surface area contributed by atoms with Crippen LogP contribution in [0.1, 0.15) is 47.0 Å². The quantitative estimate of drug-likeness (QED) is 0.685. The molecule has 1 aliphatic rings. The van der Waals surface area contributed by atoms with Crippen LogP contribution in [0.3, 0.4) is 0 Å². The molecule has 1 heterocycles. The maximum absolute atomic E-state index is 3.60. The molecule has 1 rings (SSSR count). The minimum absolute atomic E-state index is 0.572. The average molecular weight is 169 g/mol. The Bertz CT molecular complexity index is 142. The minimum Gasteiger partial charge on any atom is -0.313 e. The van der Waals surface area contributed by atoms with Crippen molar-refractivity contribution in [2.24, 2.45) is 11.3 Å². The Hall–Kier alpha value is -0.0400. The molecule has 0 aromatic rings. The highest BCUT2D eigenvalue weighted by molar-refractivity contribution is 4.93. The zero-order valence-corrected chi connectivity index (χ0v) is 8.98. The van der Waals surface area contributed by atoms with Gasteiger partial charge in [-0.05, 0) is 37.1 Å². The summed E-state index contributed by atoms with van der Waals surface area (Å²) in [5.41, 5.74) is 0.572. The second-order valence-electron chi connectivity index (χ2n) is 4.92. The molecule has 0 radical (unpaired) electrons. The maximum Gasteiger partial charge on any atom is 0.0119 e. The summed E-state index contributed by atoms with van der Waals surface area (Å²) >= 11 is 0. The van der Waals surface area contributed by atoms with Crippen LogP contribution in [0.5, 0.6) is 0 Å². The van der Waals surface area contributed by atoms with E-state index in [2.05, 4.69) is 33.0 Å². The molecule has 1 aliphatic heterocycles. The van der Waals surface area contributed by atoms with Gasteiger partial charge in [0.1, 0.15) is 0 Å². The van der Waals surface area contributed by atoms with E-state index in [1.807, 2.05) is 0 Å². The lowest BCUT2D eigenvalue weighted by Gasteiger charge is -2.32. The van der Waals surface area contributed by atoms with E-state index in [1.165, 1.54) is 25.8 Å². The highest BCUT2D eigenvalue weighted by Crippen LogP contribution is 2.38. The molecule has 0 amide bonds. The second kappa shape index (κ2) is 3.78.